The number of carbonyl (C=O) groups excluding carboxylic acids is 3. The molecule has 50 heavy (non-hydrogen) atoms. The van der Waals surface area contributed by atoms with E-state index in [-0.39, 0.29) is 0 Å². The number of anilines is 1. The third kappa shape index (κ3) is 9.94. The van der Waals surface area contributed by atoms with E-state index in [4.69, 9.17) is 28.4 Å². The molecule has 1 amide bonds. The average Bonchev–Trinajstić information content (AvgIpc) is 3.10. The normalized spacial score (nSPS) is 26.2. The third-order valence-corrected chi connectivity index (χ3v) is 9.49. The van der Waals surface area contributed by atoms with Crippen LogP contribution in [0.25, 0.3) is 0 Å². The molecular formula is C37H39Br2NO10. The van der Waals surface area contributed by atoms with Crippen LogP contribution in [0, 0.1) is 11.8 Å². The fraction of sp³-hybridized carbons (Fsp3) is 0.378. The van der Waals surface area contributed by atoms with Gasteiger partial charge >= 0.3 is 18.0 Å². The summed E-state index contributed by atoms with van der Waals surface area (Å²) in [5.74, 6) is -1.87. The van der Waals surface area contributed by atoms with Crippen molar-refractivity contribution < 1.29 is 47.9 Å². The second kappa shape index (κ2) is 18.0. The van der Waals surface area contributed by atoms with Crippen molar-refractivity contribution in [3.05, 3.63) is 105 Å². The maximum atomic E-state index is 14.0. The van der Waals surface area contributed by atoms with Crippen molar-refractivity contribution in [1.29, 1.82) is 0 Å². The molecule has 7 atom stereocenters. The van der Waals surface area contributed by atoms with Crippen LogP contribution in [0.4, 0.5) is 10.5 Å². The third-order valence-electron chi connectivity index (χ3n) is 8.50. The number of carbonyl (C=O) groups is 3. The Labute approximate surface area is 307 Å². The number of hydrogen-bond donors (Lipinski definition) is 2. The van der Waals surface area contributed by atoms with Gasteiger partial charge in [0.2, 0.25) is 0 Å². The van der Waals surface area contributed by atoms with E-state index in [1.807, 2.05) is 60.7 Å². The summed E-state index contributed by atoms with van der Waals surface area (Å²) in [7, 11) is 2.87. The molecule has 13 heteroatoms. The van der Waals surface area contributed by atoms with E-state index in [2.05, 4.69) is 37.2 Å². The number of hydrogen-bond acceptors (Lipinski definition) is 10. The van der Waals surface area contributed by atoms with Crippen molar-refractivity contribution in [3.8, 4) is 5.75 Å². The van der Waals surface area contributed by atoms with Crippen LogP contribution in [-0.2, 0) is 46.1 Å². The number of allylic oxidation sites excluding steroid dienone is 2. The Bertz CT molecular complexity index is 1650. The van der Waals surface area contributed by atoms with Gasteiger partial charge in [-0.15, -0.1) is 0 Å². The lowest BCUT2D eigenvalue weighted by Crippen LogP contribution is -2.63. The van der Waals surface area contributed by atoms with E-state index >= 15 is 0 Å². The molecule has 3 aromatic rings. The summed E-state index contributed by atoms with van der Waals surface area (Å²) in [5, 5.41) is 13.0. The molecule has 0 spiro atoms. The molecule has 3 aromatic carbocycles. The first-order valence-corrected chi connectivity index (χ1v) is 17.7. The van der Waals surface area contributed by atoms with E-state index in [9.17, 15) is 19.5 Å². The summed E-state index contributed by atoms with van der Waals surface area (Å²) in [5.41, 5.74) is 2.22. The van der Waals surface area contributed by atoms with E-state index in [1.54, 1.807) is 24.3 Å². The summed E-state index contributed by atoms with van der Waals surface area (Å²) < 4.78 is 36.5. The molecule has 266 valence electrons. The van der Waals surface area contributed by atoms with Gasteiger partial charge in [0.05, 0.1) is 25.6 Å². The van der Waals surface area contributed by atoms with Crippen LogP contribution < -0.4 is 10.1 Å². The van der Waals surface area contributed by atoms with Gasteiger partial charge in [-0.3, -0.25) is 14.9 Å². The lowest BCUT2D eigenvalue weighted by molar-refractivity contribution is -0.300. The van der Waals surface area contributed by atoms with Gasteiger partial charge in [-0.1, -0.05) is 68.3 Å². The number of aliphatic hydroxyl groups excluding tert-OH is 1. The second-order valence-corrected chi connectivity index (χ2v) is 13.8. The second-order valence-electron chi connectivity index (χ2n) is 12.0. The quantitative estimate of drug-likeness (QED) is 0.142. The molecular weight excluding hydrogens is 778 g/mol. The minimum atomic E-state index is -1.40. The monoisotopic (exact) mass is 815 g/mol. The van der Waals surface area contributed by atoms with Gasteiger partial charge in [0.25, 0.3) is 0 Å². The van der Waals surface area contributed by atoms with Crippen LogP contribution in [0.3, 0.4) is 0 Å². The highest BCUT2D eigenvalue weighted by atomic mass is 79.9. The van der Waals surface area contributed by atoms with Gasteiger partial charge in [-0.05, 0) is 85.3 Å². The first-order chi connectivity index (χ1) is 24.2. The summed E-state index contributed by atoms with van der Waals surface area (Å²) in [6.45, 7) is -0.620. The Hall–Kier alpha value is -3.75. The number of methoxy groups -OCH3 is 2. The Morgan fingerprint density at radius 2 is 1.40 bits per heavy atom. The van der Waals surface area contributed by atoms with Crippen LogP contribution in [-0.4, -0.2) is 74.7 Å². The molecule has 5 rings (SSSR count). The maximum Gasteiger partial charge on any atom is 0.412 e. The van der Waals surface area contributed by atoms with Crippen molar-refractivity contribution in [2.24, 2.45) is 11.8 Å². The molecule has 0 saturated carbocycles. The van der Waals surface area contributed by atoms with Gasteiger partial charge < -0.3 is 33.5 Å². The number of amides is 1. The predicted molar refractivity (Wildman–Crippen MR) is 190 cm³/mol. The lowest BCUT2D eigenvalue weighted by Gasteiger charge is -2.44. The molecule has 1 saturated heterocycles. The lowest BCUT2D eigenvalue weighted by atomic mass is 9.92. The number of esters is 2. The molecule has 2 aliphatic heterocycles. The highest BCUT2D eigenvalue weighted by molar-refractivity contribution is 9.10. The van der Waals surface area contributed by atoms with Crippen LogP contribution in [0.2, 0.25) is 0 Å². The number of benzene rings is 3. The highest BCUT2D eigenvalue weighted by Crippen LogP contribution is 2.33. The molecule has 11 nitrogen and oxygen atoms in total. The zero-order valence-electron chi connectivity index (χ0n) is 27.5. The van der Waals surface area contributed by atoms with Gasteiger partial charge in [0.15, 0.2) is 24.6 Å². The zero-order chi connectivity index (χ0) is 35.6. The Morgan fingerprint density at radius 3 is 1.90 bits per heavy atom. The Balaban J connectivity index is 1.49. The average molecular weight is 818 g/mol. The molecule has 0 aliphatic carbocycles. The molecule has 0 aromatic heterocycles. The molecule has 0 radical (unpaired) electrons. The molecule has 0 unspecified atom stereocenters. The molecule has 0 bridgehead atoms. The number of nitrogens with one attached hydrogen (secondary N) is 1. The number of rotatable bonds is 9. The van der Waals surface area contributed by atoms with Gasteiger partial charge in [0, 0.05) is 21.7 Å². The largest absolute Gasteiger partial charge is 0.497 e. The SMILES string of the molecule is COc1ccc(NC(=O)O[C@H]2[C@@H]3OC(=O)[C@H](Cc4cccc(Br)c4)C/C=C/C[C@@H](Cc4cccc(Br)c4)C(=O)O[C@H]3[C@@H](OC)O[C@@H]2CO)cc1. The minimum absolute atomic E-state index is 0.318. The molecule has 2 aliphatic rings. The van der Waals surface area contributed by atoms with Crippen molar-refractivity contribution in [2.75, 3.05) is 26.1 Å². The van der Waals surface area contributed by atoms with E-state index in [0.29, 0.717) is 37.1 Å². The Kier molecular flexibility index (Phi) is 13.5. The number of aliphatic hydroxyl groups is 1. The van der Waals surface area contributed by atoms with Crippen molar-refractivity contribution in [3.63, 3.8) is 0 Å². The number of fused-ring (bicyclic) bond motifs is 1. The Morgan fingerprint density at radius 1 is 0.840 bits per heavy atom. The van der Waals surface area contributed by atoms with Crippen LogP contribution in [0.1, 0.15) is 24.0 Å². The first-order valence-electron chi connectivity index (χ1n) is 16.1. The smallest absolute Gasteiger partial charge is 0.412 e. The van der Waals surface area contributed by atoms with Crippen molar-refractivity contribution >= 4 is 55.6 Å². The summed E-state index contributed by atoms with van der Waals surface area (Å²) >= 11 is 6.99. The molecule has 2 heterocycles. The number of ether oxygens (including phenoxy) is 6. The van der Waals surface area contributed by atoms with Crippen LogP contribution in [0.15, 0.2) is 93.9 Å². The van der Waals surface area contributed by atoms with Crippen LogP contribution in [0.5, 0.6) is 5.75 Å². The van der Waals surface area contributed by atoms with Crippen molar-refractivity contribution in [1.82, 2.24) is 0 Å². The maximum absolute atomic E-state index is 14.0. The summed E-state index contributed by atoms with van der Waals surface area (Å²) in [6, 6.07) is 21.8. The molecule has 1 fully saturated rings. The molecule has 2 N–H and O–H groups in total. The number of halogens is 2. The fourth-order valence-corrected chi connectivity index (χ4v) is 6.86. The van der Waals surface area contributed by atoms with Gasteiger partial charge in [0.1, 0.15) is 11.9 Å². The van der Waals surface area contributed by atoms with Crippen LogP contribution >= 0.6 is 31.9 Å². The fourth-order valence-electron chi connectivity index (χ4n) is 5.97. The first kappa shape index (κ1) is 37.5. The van der Waals surface area contributed by atoms with Crippen molar-refractivity contribution in [2.45, 2.75) is 56.4 Å². The predicted octanol–water partition coefficient (Wildman–Crippen LogP) is 6.39. The zero-order valence-corrected chi connectivity index (χ0v) is 30.7. The highest BCUT2D eigenvalue weighted by Gasteiger charge is 2.53. The van der Waals surface area contributed by atoms with E-state index < -0.39 is 67.2 Å². The van der Waals surface area contributed by atoms with Gasteiger partial charge in [-0.2, -0.15) is 0 Å². The summed E-state index contributed by atoms with van der Waals surface area (Å²) in [4.78, 5) is 41.2. The summed E-state index contributed by atoms with van der Waals surface area (Å²) in [6.07, 6.45) is -2.38. The standard InChI is InChI=1S/C37H39Br2NO10/c1-45-29-15-13-28(14-16-29)40-37(44)50-31-30(21-41)47-36(46-2)33-32(31)48-34(42)24(17-22-7-5-11-26(38)19-22)9-3-4-10-25(35(43)49-33)18-23-8-6-12-27(39)20-23/h3-8,11-16,19-20,24-25,30-33,36,41H,9-10,17-18,21H2,1-2H3,(H,40,44)/b4-3+/t24-,25-,30+,31+,32-,33+,36-/m0/s1. The minimum Gasteiger partial charge on any atom is -0.497 e. The van der Waals surface area contributed by atoms with E-state index in [0.717, 1.165) is 20.1 Å². The van der Waals surface area contributed by atoms with E-state index in [1.165, 1.54) is 14.2 Å². The topological polar surface area (TPSA) is 139 Å². The van der Waals surface area contributed by atoms with Gasteiger partial charge in [-0.25, -0.2) is 4.79 Å².